The molecular weight excluding hydrogens is 406 g/mol. The molecule has 0 spiro atoms. The Balaban J connectivity index is 1.65. The van der Waals surface area contributed by atoms with Gasteiger partial charge in [0.05, 0.1) is 28.6 Å². The summed E-state index contributed by atoms with van der Waals surface area (Å²) in [5.74, 6) is -0.155. The molecule has 0 aliphatic rings. The second-order valence-electron chi connectivity index (χ2n) is 5.76. The second-order valence-corrected chi connectivity index (χ2v) is 7.05. The van der Waals surface area contributed by atoms with Crippen LogP contribution in [-0.2, 0) is 11.3 Å². The normalized spacial score (nSPS) is 12.2. The number of hydrogen-bond acceptors (Lipinski definition) is 3. The first-order valence-corrected chi connectivity index (χ1v) is 8.88. The van der Waals surface area contributed by atoms with Crippen LogP contribution in [0.25, 0.3) is 0 Å². The van der Waals surface area contributed by atoms with Crippen molar-refractivity contribution in [2.75, 3.05) is 5.32 Å². The van der Waals surface area contributed by atoms with E-state index < -0.39 is 6.04 Å². The highest BCUT2D eigenvalue weighted by Gasteiger charge is 2.17. The smallest absolute Gasteiger partial charge is 0.249 e. The number of hydrogen-bond donors (Lipinski definition) is 1. The third-order valence-electron chi connectivity index (χ3n) is 3.77. The van der Waals surface area contributed by atoms with Crippen LogP contribution in [0, 0.1) is 6.92 Å². The molecule has 1 aromatic carbocycles. The standard InChI is InChI=1S/C17H17BrClN5O/c1-11-16(18)10-24(22-11)12(2)17(25)21-15-7-20-23(9-15)8-13-4-3-5-14(19)6-13/h3-7,9-10,12H,8H2,1-2H3,(H,21,25). The van der Waals surface area contributed by atoms with Crippen LogP contribution < -0.4 is 5.32 Å². The van der Waals surface area contributed by atoms with Gasteiger partial charge >= 0.3 is 0 Å². The summed E-state index contributed by atoms with van der Waals surface area (Å²) in [6.07, 6.45) is 5.21. The minimum Gasteiger partial charge on any atom is -0.322 e. The zero-order valence-electron chi connectivity index (χ0n) is 13.8. The minimum atomic E-state index is -0.429. The first kappa shape index (κ1) is 17.7. The molecule has 3 aromatic rings. The molecule has 0 saturated carbocycles. The Kier molecular flexibility index (Phi) is 5.24. The maximum atomic E-state index is 12.4. The molecule has 0 saturated heterocycles. The van der Waals surface area contributed by atoms with Crippen LogP contribution in [0.5, 0.6) is 0 Å². The third kappa shape index (κ3) is 4.29. The van der Waals surface area contributed by atoms with Gasteiger partial charge in [0.25, 0.3) is 0 Å². The monoisotopic (exact) mass is 421 g/mol. The molecule has 8 heteroatoms. The number of halogens is 2. The van der Waals surface area contributed by atoms with E-state index in [1.165, 1.54) is 0 Å². The molecule has 1 N–H and O–H groups in total. The van der Waals surface area contributed by atoms with E-state index in [2.05, 4.69) is 31.4 Å². The highest BCUT2D eigenvalue weighted by molar-refractivity contribution is 9.10. The highest BCUT2D eigenvalue weighted by atomic mass is 79.9. The van der Waals surface area contributed by atoms with Crippen molar-refractivity contribution >= 4 is 39.1 Å². The summed E-state index contributed by atoms with van der Waals surface area (Å²) in [7, 11) is 0. The van der Waals surface area contributed by atoms with E-state index in [1.54, 1.807) is 34.9 Å². The molecule has 1 unspecified atom stereocenters. The number of nitrogens with one attached hydrogen (secondary N) is 1. The molecule has 1 amide bonds. The fraction of sp³-hybridized carbons (Fsp3) is 0.235. The molecule has 0 aliphatic heterocycles. The van der Waals surface area contributed by atoms with Gasteiger partial charge in [0, 0.05) is 17.4 Å². The molecule has 1 atom stereocenters. The van der Waals surface area contributed by atoms with Gasteiger partial charge < -0.3 is 5.32 Å². The van der Waals surface area contributed by atoms with Gasteiger partial charge in [0.2, 0.25) is 5.91 Å². The Morgan fingerprint density at radius 2 is 2.20 bits per heavy atom. The lowest BCUT2D eigenvalue weighted by molar-refractivity contribution is -0.119. The number of aryl methyl sites for hydroxylation is 1. The van der Waals surface area contributed by atoms with E-state index in [1.807, 2.05) is 31.2 Å². The Bertz CT molecular complexity index is 885. The van der Waals surface area contributed by atoms with Crippen LogP contribution in [0.3, 0.4) is 0 Å². The lowest BCUT2D eigenvalue weighted by Gasteiger charge is -2.11. The van der Waals surface area contributed by atoms with Crippen molar-refractivity contribution in [1.82, 2.24) is 19.6 Å². The van der Waals surface area contributed by atoms with Crippen molar-refractivity contribution in [3.63, 3.8) is 0 Å². The Morgan fingerprint density at radius 3 is 2.88 bits per heavy atom. The average molecular weight is 423 g/mol. The first-order chi connectivity index (χ1) is 11.9. The molecule has 0 aliphatic carbocycles. The molecular formula is C17H17BrClN5O. The molecule has 6 nitrogen and oxygen atoms in total. The summed E-state index contributed by atoms with van der Waals surface area (Å²) >= 11 is 9.40. The Labute approximate surface area is 158 Å². The number of carbonyl (C=O) groups is 1. The quantitative estimate of drug-likeness (QED) is 0.674. The van der Waals surface area contributed by atoms with Gasteiger partial charge in [0.1, 0.15) is 6.04 Å². The molecule has 2 heterocycles. The van der Waals surface area contributed by atoms with Crippen molar-refractivity contribution in [2.24, 2.45) is 0 Å². The SMILES string of the molecule is Cc1nn(C(C)C(=O)Nc2cnn(Cc3cccc(Cl)c3)c2)cc1Br. The van der Waals surface area contributed by atoms with E-state index in [0.29, 0.717) is 17.3 Å². The van der Waals surface area contributed by atoms with Crippen LogP contribution in [-0.4, -0.2) is 25.5 Å². The topological polar surface area (TPSA) is 64.7 Å². The predicted octanol–water partition coefficient (Wildman–Crippen LogP) is 4.05. The minimum absolute atomic E-state index is 0.155. The van der Waals surface area contributed by atoms with Gasteiger partial charge in [-0.15, -0.1) is 0 Å². The van der Waals surface area contributed by atoms with Crippen LogP contribution in [0.2, 0.25) is 5.02 Å². The maximum Gasteiger partial charge on any atom is 0.249 e. The number of amides is 1. The fourth-order valence-electron chi connectivity index (χ4n) is 2.36. The lowest BCUT2D eigenvalue weighted by atomic mass is 10.2. The van der Waals surface area contributed by atoms with Gasteiger partial charge in [-0.1, -0.05) is 23.7 Å². The molecule has 2 aromatic heterocycles. The third-order valence-corrected chi connectivity index (χ3v) is 4.78. The van der Waals surface area contributed by atoms with Gasteiger partial charge in [-0.05, 0) is 47.5 Å². The summed E-state index contributed by atoms with van der Waals surface area (Å²) in [6, 6.07) is 7.17. The van der Waals surface area contributed by atoms with Gasteiger partial charge in [-0.2, -0.15) is 10.2 Å². The van der Waals surface area contributed by atoms with Crippen molar-refractivity contribution in [1.29, 1.82) is 0 Å². The number of aromatic nitrogens is 4. The fourth-order valence-corrected chi connectivity index (χ4v) is 2.86. The average Bonchev–Trinajstić information content (AvgIpc) is 3.13. The number of benzene rings is 1. The van der Waals surface area contributed by atoms with E-state index in [4.69, 9.17) is 11.6 Å². The molecule has 3 rings (SSSR count). The predicted molar refractivity (Wildman–Crippen MR) is 101 cm³/mol. The molecule has 0 radical (unpaired) electrons. The number of nitrogens with zero attached hydrogens (tertiary/aromatic N) is 4. The van der Waals surface area contributed by atoms with Crippen LogP contribution in [0.15, 0.2) is 47.3 Å². The Hall–Kier alpha value is -2.12. The van der Waals surface area contributed by atoms with Gasteiger partial charge in [-0.3, -0.25) is 14.2 Å². The van der Waals surface area contributed by atoms with Gasteiger partial charge in [-0.25, -0.2) is 0 Å². The van der Waals surface area contributed by atoms with Crippen molar-refractivity contribution in [3.05, 3.63) is 63.6 Å². The highest BCUT2D eigenvalue weighted by Crippen LogP contribution is 2.18. The number of rotatable bonds is 5. The summed E-state index contributed by atoms with van der Waals surface area (Å²) in [5.41, 5.74) is 2.52. The van der Waals surface area contributed by atoms with Gasteiger partial charge in [0.15, 0.2) is 0 Å². The van der Waals surface area contributed by atoms with E-state index in [-0.39, 0.29) is 5.91 Å². The molecule has 25 heavy (non-hydrogen) atoms. The van der Waals surface area contributed by atoms with E-state index in [0.717, 1.165) is 15.7 Å². The molecule has 130 valence electrons. The maximum absolute atomic E-state index is 12.4. The van der Waals surface area contributed by atoms with Crippen molar-refractivity contribution < 1.29 is 4.79 Å². The van der Waals surface area contributed by atoms with E-state index >= 15 is 0 Å². The number of carbonyl (C=O) groups excluding carboxylic acids is 1. The second kappa shape index (κ2) is 7.41. The van der Waals surface area contributed by atoms with Crippen LogP contribution in [0.4, 0.5) is 5.69 Å². The zero-order valence-corrected chi connectivity index (χ0v) is 16.1. The van der Waals surface area contributed by atoms with E-state index in [9.17, 15) is 4.79 Å². The zero-order chi connectivity index (χ0) is 18.0. The first-order valence-electron chi connectivity index (χ1n) is 7.71. The molecule has 0 bridgehead atoms. The lowest BCUT2D eigenvalue weighted by Crippen LogP contribution is -2.23. The summed E-state index contributed by atoms with van der Waals surface area (Å²) in [5, 5.41) is 12.1. The van der Waals surface area contributed by atoms with Crippen LogP contribution >= 0.6 is 27.5 Å². The largest absolute Gasteiger partial charge is 0.322 e. The number of anilines is 1. The summed E-state index contributed by atoms with van der Waals surface area (Å²) < 4.78 is 4.26. The summed E-state index contributed by atoms with van der Waals surface area (Å²) in [6.45, 7) is 4.26. The molecule has 0 fully saturated rings. The van der Waals surface area contributed by atoms with Crippen molar-refractivity contribution in [3.8, 4) is 0 Å². The Morgan fingerprint density at radius 1 is 1.40 bits per heavy atom. The van der Waals surface area contributed by atoms with Crippen LogP contribution in [0.1, 0.15) is 24.2 Å². The van der Waals surface area contributed by atoms with Crippen molar-refractivity contribution in [2.45, 2.75) is 26.4 Å². The summed E-state index contributed by atoms with van der Waals surface area (Å²) in [4.78, 5) is 12.4.